The summed E-state index contributed by atoms with van der Waals surface area (Å²) < 4.78 is 0. The maximum absolute atomic E-state index is 10.9. The van der Waals surface area contributed by atoms with Crippen molar-refractivity contribution < 1.29 is 9.90 Å². The monoisotopic (exact) mass is 332 g/mol. The lowest BCUT2D eigenvalue weighted by atomic mass is 9.49. The Hall–Kier alpha value is -0.530. The zero-order chi connectivity index (χ0) is 16.7. The number of aliphatic carboxylic acids is 1. The lowest BCUT2D eigenvalue weighted by Crippen LogP contribution is -2.48. The van der Waals surface area contributed by atoms with Crippen molar-refractivity contribution in [2.45, 2.75) is 90.4 Å². The second-order valence-corrected chi connectivity index (χ2v) is 9.82. The van der Waals surface area contributed by atoms with Gasteiger partial charge in [-0.1, -0.05) is 26.2 Å². The van der Waals surface area contributed by atoms with Crippen LogP contribution in [0.4, 0.5) is 0 Å². The molecule has 0 amide bonds. The predicted molar refractivity (Wildman–Crippen MR) is 96.7 cm³/mol. The van der Waals surface area contributed by atoms with Gasteiger partial charge in [0.1, 0.15) is 0 Å². The third kappa shape index (κ3) is 2.82. The minimum absolute atomic E-state index is 0.368. The molecular formula is C22H36O2. The summed E-state index contributed by atoms with van der Waals surface area (Å²) in [5, 5.41) is 8.95. The molecule has 0 saturated heterocycles. The van der Waals surface area contributed by atoms with Crippen LogP contribution >= 0.6 is 0 Å². The Labute approximate surface area is 147 Å². The fourth-order valence-corrected chi connectivity index (χ4v) is 7.91. The van der Waals surface area contributed by atoms with Crippen molar-refractivity contribution in [3.63, 3.8) is 0 Å². The van der Waals surface area contributed by atoms with E-state index in [2.05, 4.69) is 6.92 Å². The summed E-state index contributed by atoms with van der Waals surface area (Å²) in [5.41, 5.74) is 0.529. The van der Waals surface area contributed by atoms with Crippen molar-refractivity contribution in [1.29, 1.82) is 0 Å². The van der Waals surface area contributed by atoms with Crippen molar-refractivity contribution >= 4 is 5.97 Å². The minimum Gasteiger partial charge on any atom is -0.481 e. The highest BCUT2D eigenvalue weighted by atomic mass is 16.4. The molecule has 136 valence electrons. The van der Waals surface area contributed by atoms with Crippen molar-refractivity contribution in [2.24, 2.45) is 40.9 Å². The highest BCUT2D eigenvalue weighted by Crippen LogP contribution is 2.64. The van der Waals surface area contributed by atoms with Gasteiger partial charge < -0.3 is 5.11 Å². The number of carboxylic acids is 1. The van der Waals surface area contributed by atoms with Crippen LogP contribution < -0.4 is 0 Å². The van der Waals surface area contributed by atoms with Crippen LogP contribution in [-0.4, -0.2) is 11.1 Å². The third-order valence-electron chi connectivity index (χ3n) is 9.02. The Kier molecular flexibility index (Phi) is 4.69. The summed E-state index contributed by atoms with van der Waals surface area (Å²) in [5.74, 6) is 5.31. The van der Waals surface area contributed by atoms with Crippen LogP contribution in [0, 0.1) is 40.9 Å². The molecule has 2 nitrogen and oxygen atoms in total. The summed E-state index contributed by atoms with van der Waals surface area (Å²) in [7, 11) is 0. The number of hydrogen-bond acceptors (Lipinski definition) is 1. The molecule has 4 aliphatic rings. The summed E-state index contributed by atoms with van der Waals surface area (Å²) >= 11 is 0. The standard InChI is InChI=1S/C22H36O2/c1-22-14-13-18-17-7-3-2-5-15(17)9-11-19(18)20(22)12-10-16(22)6-4-8-21(23)24/h15-20H,2-14H2,1H3,(H,23,24)/t15-,16-,17?,18?,19+,20?,22+/m0/s1. The normalized spacial score (nSPS) is 47.5. The zero-order valence-electron chi connectivity index (χ0n) is 15.5. The van der Waals surface area contributed by atoms with Gasteiger partial charge in [-0.25, -0.2) is 0 Å². The highest BCUT2D eigenvalue weighted by Gasteiger charge is 2.56. The first-order valence-electron chi connectivity index (χ1n) is 10.8. The molecular weight excluding hydrogens is 296 g/mol. The van der Waals surface area contributed by atoms with Crippen molar-refractivity contribution in [2.75, 3.05) is 0 Å². The molecule has 0 aromatic rings. The van der Waals surface area contributed by atoms with Gasteiger partial charge in [0, 0.05) is 6.42 Å². The van der Waals surface area contributed by atoms with Gasteiger partial charge in [-0.15, -0.1) is 0 Å². The first kappa shape index (κ1) is 16.9. The van der Waals surface area contributed by atoms with E-state index in [9.17, 15) is 4.79 Å². The van der Waals surface area contributed by atoms with E-state index in [0.29, 0.717) is 11.8 Å². The van der Waals surface area contributed by atoms with E-state index in [0.717, 1.165) is 48.3 Å². The van der Waals surface area contributed by atoms with Crippen molar-refractivity contribution in [3.8, 4) is 0 Å². The van der Waals surface area contributed by atoms with Gasteiger partial charge in [0.05, 0.1) is 0 Å². The topological polar surface area (TPSA) is 37.3 Å². The lowest BCUT2D eigenvalue weighted by molar-refractivity contribution is -0.137. The Balaban J connectivity index is 1.44. The van der Waals surface area contributed by atoms with Crippen LogP contribution in [0.25, 0.3) is 0 Å². The molecule has 4 saturated carbocycles. The average Bonchev–Trinajstić information content (AvgIpc) is 2.91. The van der Waals surface area contributed by atoms with E-state index < -0.39 is 5.97 Å². The fraction of sp³-hybridized carbons (Fsp3) is 0.955. The summed E-state index contributed by atoms with van der Waals surface area (Å²) in [6.07, 6.45) is 17.2. The molecule has 4 rings (SSSR count). The Bertz CT molecular complexity index is 473. The predicted octanol–water partition coefficient (Wildman–Crippen LogP) is 5.90. The van der Waals surface area contributed by atoms with Crippen molar-refractivity contribution in [3.05, 3.63) is 0 Å². The van der Waals surface area contributed by atoms with Crippen LogP contribution in [0.5, 0.6) is 0 Å². The van der Waals surface area contributed by atoms with Crippen LogP contribution in [-0.2, 0) is 4.79 Å². The largest absolute Gasteiger partial charge is 0.481 e. The molecule has 0 radical (unpaired) electrons. The molecule has 0 aliphatic heterocycles. The molecule has 0 aromatic carbocycles. The van der Waals surface area contributed by atoms with Gasteiger partial charge in [0.25, 0.3) is 0 Å². The average molecular weight is 333 g/mol. The minimum atomic E-state index is -0.617. The summed E-state index contributed by atoms with van der Waals surface area (Å²) in [6, 6.07) is 0. The Morgan fingerprint density at radius 1 is 0.958 bits per heavy atom. The number of carbonyl (C=O) groups is 1. The molecule has 3 unspecified atom stereocenters. The SMILES string of the molecule is C[C@]12CCC3C4CCCC[C@H]4CC[C@H]3C1CC[C@@H]2CCCC(=O)O. The van der Waals surface area contributed by atoms with Crippen molar-refractivity contribution in [1.82, 2.24) is 0 Å². The molecule has 7 atom stereocenters. The molecule has 1 N–H and O–H groups in total. The van der Waals surface area contributed by atoms with Gasteiger partial charge in [-0.2, -0.15) is 0 Å². The fourth-order valence-electron chi connectivity index (χ4n) is 7.91. The first-order chi connectivity index (χ1) is 11.6. The maximum atomic E-state index is 10.9. The van der Waals surface area contributed by atoms with E-state index in [-0.39, 0.29) is 0 Å². The third-order valence-corrected chi connectivity index (χ3v) is 9.02. The van der Waals surface area contributed by atoms with Crippen LogP contribution in [0.1, 0.15) is 90.4 Å². The zero-order valence-corrected chi connectivity index (χ0v) is 15.5. The summed E-state index contributed by atoms with van der Waals surface area (Å²) in [6.45, 7) is 2.58. The van der Waals surface area contributed by atoms with E-state index in [1.165, 1.54) is 64.2 Å². The smallest absolute Gasteiger partial charge is 0.303 e. The summed E-state index contributed by atoms with van der Waals surface area (Å²) in [4.78, 5) is 10.9. The molecule has 0 bridgehead atoms. The second kappa shape index (κ2) is 6.65. The van der Waals surface area contributed by atoms with E-state index >= 15 is 0 Å². The van der Waals surface area contributed by atoms with Gasteiger partial charge in [0.2, 0.25) is 0 Å². The van der Waals surface area contributed by atoms with Crippen LogP contribution in [0.2, 0.25) is 0 Å². The molecule has 0 heterocycles. The van der Waals surface area contributed by atoms with Gasteiger partial charge in [0.15, 0.2) is 0 Å². The Morgan fingerprint density at radius 2 is 1.79 bits per heavy atom. The van der Waals surface area contributed by atoms with E-state index in [4.69, 9.17) is 5.11 Å². The lowest BCUT2D eigenvalue weighted by Gasteiger charge is -2.56. The number of hydrogen-bond donors (Lipinski definition) is 1. The van der Waals surface area contributed by atoms with E-state index in [1.807, 2.05) is 0 Å². The number of rotatable bonds is 4. The molecule has 2 heteroatoms. The van der Waals surface area contributed by atoms with Gasteiger partial charge in [-0.3, -0.25) is 4.79 Å². The van der Waals surface area contributed by atoms with Gasteiger partial charge in [-0.05, 0) is 98.7 Å². The first-order valence-corrected chi connectivity index (χ1v) is 10.8. The molecule has 4 aliphatic carbocycles. The number of fused-ring (bicyclic) bond motifs is 5. The molecule has 4 fully saturated rings. The van der Waals surface area contributed by atoms with Crippen LogP contribution in [0.3, 0.4) is 0 Å². The van der Waals surface area contributed by atoms with Crippen LogP contribution in [0.15, 0.2) is 0 Å². The van der Waals surface area contributed by atoms with E-state index in [1.54, 1.807) is 0 Å². The quantitative estimate of drug-likeness (QED) is 0.696. The molecule has 0 spiro atoms. The second-order valence-electron chi connectivity index (χ2n) is 9.82. The molecule has 24 heavy (non-hydrogen) atoms. The maximum Gasteiger partial charge on any atom is 0.303 e. The van der Waals surface area contributed by atoms with Gasteiger partial charge >= 0.3 is 5.97 Å². The highest BCUT2D eigenvalue weighted by molar-refractivity contribution is 5.66. The Morgan fingerprint density at radius 3 is 2.62 bits per heavy atom. The number of carboxylic acid groups (broad SMARTS) is 1. The molecule has 0 aromatic heterocycles.